The molecule has 0 aliphatic rings. The Balaban J connectivity index is 2.41. The molecule has 2 rings (SSSR count). The highest BCUT2D eigenvalue weighted by Gasteiger charge is 2.06. The summed E-state index contributed by atoms with van der Waals surface area (Å²) in [5.74, 6) is 1.46. The molecular formula is C16H16O2. The second-order valence-electron chi connectivity index (χ2n) is 3.85. The van der Waals surface area contributed by atoms with Crippen LogP contribution in [0.4, 0.5) is 0 Å². The largest absolute Gasteiger partial charge is 0.486 e. The van der Waals surface area contributed by atoms with E-state index in [1.54, 1.807) is 12.2 Å². The molecule has 2 nitrogen and oxygen atoms in total. The molecule has 0 N–H and O–H groups in total. The fraction of sp³-hybridized carbons (Fsp3) is 0.125. The van der Waals surface area contributed by atoms with Gasteiger partial charge in [0, 0.05) is 0 Å². The molecular weight excluding hydrogens is 224 g/mol. The van der Waals surface area contributed by atoms with E-state index in [9.17, 15) is 0 Å². The van der Waals surface area contributed by atoms with Crippen LogP contribution in [0.25, 0.3) is 10.8 Å². The summed E-state index contributed by atoms with van der Waals surface area (Å²) in [5, 5.41) is 2.25. The van der Waals surface area contributed by atoms with Crippen molar-refractivity contribution in [2.45, 2.75) is 0 Å². The van der Waals surface area contributed by atoms with E-state index in [1.807, 2.05) is 36.4 Å². The second-order valence-corrected chi connectivity index (χ2v) is 3.85. The molecule has 2 aromatic rings. The normalized spacial score (nSPS) is 10.0. The molecule has 2 aromatic carbocycles. The topological polar surface area (TPSA) is 18.5 Å². The fourth-order valence-corrected chi connectivity index (χ4v) is 1.72. The summed E-state index contributed by atoms with van der Waals surface area (Å²) in [4.78, 5) is 0. The van der Waals surface area contributed by atoms with Crippen LogP contribution in [-0.2, 0) is 0 Å². The van der Waals surface area contributed by atoms with Crippen LogP contribution in [0.5, 0.6) is 11.5 Å². The standard InChI is InChI=1S/C16H16O2/c1-3-9-17-15-11-13-7-5-6-8-14(13)12-16(15)18-10-4-2/h3-8,11-12H,1-2,9-10H2. The molecule has 0 amide bonds. The summed E-state index contributed by atoms with van der Waals surface area (Å²) in [6.07, 6.45) is 3.43. The van der Waals surface area contributed by atoms with E-state index in [-0.39, 0.29) is 0 Å². The lowest BCUT2D eigenvalue weighted by molar-refractivity contribution is 0.309. The molecule has 0 saturated heterocycles. The Labute approximate surface area is 107 Å². The first-order valence-electron chi connectivity index (χ1n) is 5.85. The quantitative estimate of drug-likeness (QED) is 0.711. The predicted octanol–water partition coefficient (Wildman–Crippen LogP) is 3.97. The van der Waals surface area contributed by atoms with Crippen LogP contribution in [0.3, 0.4) is 0 Å². The third kappa shape index (κ3) is 2.72. The molecule has 0 fully saturated rings. The van der Waals surface area contributed by atoms with Crippen LogP contribution in [0.15, 0.2) is 61.7 Å². The summed E-state index contributed by atoms with van der Waals surface area (Å²) in [7, 11) is 0. The highest BCUT2D eigenvalue weighted by molar-refractivity contribution is 5.86. The average molecular weight is 240 g/mol. The van der Waals surface area contributed by atoms with Gasteiger partial charge in [0.1, 0.15) is 13.2 Å². The number of benzene rings is 2. The van der Waals surface area contributed by atoms with Crippen molar-refractivity contribution in [3.05, 3.63) is 61.7 Å². The second kappa shape index (κ2) is 5.92. The smallest absolute Gasteiger partial charge is 0.162 e. The van der Waals surface area contributed by atoms with Gasteiger partial charge in [-0.1, -0.05) is 49.6 Å². The van der Waals surface area contributed by atoms with E-state index in [4.69, 9.17) is 9.47 Å². The molecule has 0 spiro atoms. The summed E-state index contributed by atoms with van der Waals surface area (Å²) in [5.41, 5.74) is 0. The SMILES string of the molecule is C=CCOc1cc2ccccc2cc1OCC=C. The Morgan fingerprint density at radius 2 is 1.28 bits per heavy atom. The molecule has 0 saturated carbocycles. The van der Waals surface area contributed by atoms with Crippen molar-refractivity contribution in [1.82, 2.24) is 0 Å². The third-order valence-corrected chi connectivity index (χ3v) is 2.53. The van der Waals surface area contributed by atoms with Crippen molar-refractivity contribution >= 4 is 10.8 Å². The molecule has 0 aliphatic heterocycles. The summed E-state index contributed by atoms with van der Waals surface area (Å²) in [6.45, 7) is 8.22. The van der Waals surface area contributed by atoms with E-state index in [2.05, 4.69) is 13.2 Å². The van der Waals surface area contributed by atoms with E-state index in [1.165, 1.54) is 0 Å². The van der Waals surface area contributed by atoms with Gasteiger partial charge >= 0.3 is 0 Å². The van der Waals surface area contributed by atoms with Gasteiger partial charge in [0.05, 0.1) is 0 Å². The lowest BCUT2D eigenvalue weighted by Gasteiger charge is -2.12. The van der Waals surface area contributed by atoms with E-state index in [0.717, 1.165) is 22.3 Å². The Hall–Kier alpha value is -2.22. The number of ether oxygens (including phenoxy) is 2. The minimum absolute atomic E-state index is 0.461. The maximum atomic E-state index is 5.61. The zero-order chi connectivity index (χ0) is 12.8. The Kier molecular flexibility index (Phi) is 4.02. The van der Waals surface area contributed by atoms with Crippen LogP contribution >= 0.6 is 0 Å². The van der Waals surface area contributed by atoms with Crippen molar-refractivity contribution in [2.75, 3.05) is 13.2 Å². The Morgan fingerprint density at radius 3 is 1.67 bits per heavy atom. The zero-order valence-electron chi connectivity index (χ0n) is 10.3. The van der Waals surface area contributed by atoms with Crippen LogP contribution in [0.1, 0.15) is 0 Å². The molecule has 0 aromatic heterocycles. The highest BCUT2D eigenvalue weighted by Crippen LogP contribution is 2.32. The fourth-order valence-electron chi connectivity index (χ4n) is 1.72. The number of hydrogen-bond donors (Lipinski definition) is 0. The molecule has 0 radical (unpaired) electrons. The van der Waals surface area contributed by atoms with Gasteiger partial charge in [-0.15, -0.1) is 0 Å². The predicted molar refractivity (Wildman–Crippen MR) is 75.3 cm³/mol. The Bertz CT molecular complexity index is 508. The minimum atomic E-state index is 0.461. The van der Waals surface area contributed by atoms with Crippen molar-refractivity contribution in [2.24, 2.45) is 0 Å². The van der Waals surface area contributed by atoms with E-state index >= 15 is 0 Å². The van der Waals surface area contributed by atoms with Gasteiger partial charge < -0.3 is 9.47 Å². The first kappa shape index (κ1) is 12.2. The van der Waals surface area contributed by atoms with Crippen LogP contribution in [0.2, 0.25) is 0 Å². The maximum Gasteiger partial charge on any atom is 0.162 e. The summed E-state index contributed by atoms with van der Waals surface area (Å²) >= 11 is 0. The van der Waals surface area contributed by atoms with Crippen molar-refractivity contribution in [3.8, 4) is 11.5 Å². The van der Waals surface area contributed by atoms with Gasteiger partial charge in [0.25, 0.3) is 0 Å². The van der Waals surface area contributed by atoms with Gasteiger partial charge in [-0.2, -0.15) is 0 Å². The van der Waals surface area contributed by atoms with Crippen molar-refractivity contribution in [3.63, 3.8) is 0 Å². The number of hydrogen-bond acceptors (Lipinski definition) is 2. The van der Waals surface area contributed by atoms with Gasteiger partial charge in [0.2, 0.25) is 0 Å². The molecule has 0 heterocycles. The molecule has 0 atom stereocenters. The number of fused-ring (bicyclic) bond motifs is 1. The van der Waals surface area contributed by atoms with Crippen LogP contribution < -0.4 is 9.47 Å². The highest BCUT2D eigenvalue weighted by atomic mass is 16.5. The van der Waals surface area contributed by atoms with Gasteiger partial charge in [-0.25, -0.2) is 0 Å². The van der Waals surface area contributed by atoms with Gasteiger partial charge in [-0.05, 0) is 22.9 Å². The van der Waals surface area contributed by atoms with Crippen molar-refractivity contribution in [1.29, 1.82) is 0 Å². The maximum absolute atomic E-state index is 5.61. The van der Waals surface area contributed by atoms with Crippen LogP contribution in [-0.4, -0.2) is 13.2 Å². The van der Waals surface area contributed by atoms with Crippen molar-refractivity contribution < 1.29 is 9.47 Å². The Morgan fingerprint density at radius 1 is 0.833 bits per heavy atom. The lowest BCUT2D eigenvalue weighted by Crippen LogP contribution is -1.99. The first-order valence-corrected chi connectivity index (χ1v) is 5.85. The van der Waals surface area contributed by atoms with E-state index in [0.29, 0.717) is 13.2 Å². The lowest BCUT2D eigenvalue weighted by atomic mass is 10.1. The summed E-state index contributed by atoms with van der Waals surface area (Å²) in [6, 6.07) is 12.1. The zero-order valence-corrected chi connectivity index (χ0v) is 10.3. The molecule has 2 heteroatoms. The molecule has 92 valence electrons. The first-order chi connectivity index (χ1) is 8.85. The number of rotatable bonds is 6. The molecule has 18 heavy (non-hydrogen) atoms. The summed E-state index contributed by atoms with van der Waals surface area (Å²) < 4.78 is 11.2. The average Bonchev–Trinajstić information content (AvgIpc) is 2.42. The monoisotopic (exact) mass is 240 g/mol. The van der Waals surface area contributed by atoms with Gasteiger partial charge in [0.15, 0.2) is 11.5 Å². The van der Waals surface area contributed by atoms with E-state index < -0.39 is 0 Å². The third-order valence-electron chi connectivity index (χ3n) is 2.53. The molecule has 0 unspecified atom stereocenters. The molecule has 0 aliphatic carbocycles. The van der Waals surface area contributed by atoms with Gasteiger partial charge in [-0.3, -0.25) is 0 Å². The van der Waals surface area contributed by atoms with Crippen LogP contribution in [0, 0.1) is 0 Å². The minimum Gasteiger partial charge on any atom is -0.486 e. The molecule has 0 bridgehead atoms.